The third-order valence-corrected chi connectivity index (χ3v) is 3.60. The van der Waals surface area contributed by atoms with Crippen LogP contribution in [0, 0.1) is 5.82 Å². The van der Waals surface area contributed by atoms with Gasteiger partial charge in [0.1, 0.15) is 5.82 Å². The first-order chi connectivity index (χ1) is 12.9. The van der Waals surface area contributed by atoms with Crippen LogP contribution in [0.25, 0.3) is 11.5 Å². The Morgan fingerprint density at radius 1 is 1.07 bits per heavy atom. The lowest BCUT2D eigenvalue weighted by Gasteiger charge is -2.10. The minimum absolute atomic E-state index is 0.123. The number of ether oxygens (including phenoxy) is 1. The zero-order valence-electron chi connectivity index (χ0n) is 14.6. The number of halogens is 1. The summed E-state index contributed by atoms with van der Waals surface area (Å²) in [7, 11) is 0. The van der Waals surface area contributed by atoms with Gasteiger partial charge in [0.2, 0.25) is 11.8 Å². The molecule has 0 fully saturated rings. The normalized spacial score (nSPS) is 11.7. The van der Waals surface area contributed by atoms with Crippen molar-refractivity contribution in [2.24, 2.45) is 0 Å². The summed E-state index contributed by atoms with van der Waals surface area (Å²) < 4.78 is 23.8. The lowest BCUT2D eigenvalue weighted by Crippen LogP contribution is -2.10. The van der Waals surface area contributed by atoms with Crippen LogP contribution in [-0.2, 0) is 9.53 Å². The number of amides is 1. The Morgan fingerprint density at radius 2 is 1.74 bits per heavy atom. The van der Waals surface area contributed by atoms with E-state index in [1.165, 1.54) is 43.3 Å². The third kappa shape index (κ3) is 4.55. The number of hydrogen-bond donors (Lipinski definition) is 1. The van der Waals surface area contributed by atoms with Gasteiger partial charge in [0.15, 0.2) is 6.10 Å². The maximum atomic E-state index is 13.0. The minimum atomic E-state index is -0.769. The predicted molar refractivity (Wildman–Crippen MR) is 94.3 cm³/mol. The SMILES string of the molecule is CC(=O)Nc1ccc(C(=O)O[C@H](C)c2nnc(-c3ccc(F)cc3)o2)cc1. The van der Waals surface area contributed by atoms with Crippen LogP contribution in [0.15, 0.2) is 52.9 Å². The molecule has 0 unspecified atom stereocenters. The minimum Gasteiger partial charge on any atom is -0.449 e. The van der Waals surface area contributed by atoms with Gasteiger partial charge < -0.3 is 14.5 Å². The smallest absolute Gasteiger partial charge is 0.338 e. The van der Waals surface area contributed by atoms with Gasteiger partial charge in [0.25, 0.3) is 5.89 Å². The van der Waals surface area contributed by atoms with E-state index in [0.29, 0.717) is 16.8 Å². The van der Waals surface area contributed by atoms with E-state index in [-0.39, 0.29) is 23.5 Å². The largest absolute Gasteiger partial charge is 0.449 e. The van der Waals surface area contributed by atoms with Crippen molar-refractivity contribution >= 4 is 17.6 Å². The van der Waals surface area contributed by atoms with Gasteiger partial charge in [0, 0.05) is 18.2 Å². The average Bonchev–Trinajstić information content (AvgIpc) is 3.12. The van der Waals surface area contributed by atoms with Gasteiger partial charge in [-0.15, -0.1) is 10.2 Å². The van der Waals surface area contributed by atoms with Crippen molar-refractivity contribution in [2.75, 3.05) is 5.32 Å². The van der Waals surface area contributed by atoms with Crippen molar-refractivity contribution in [3.05, 3.63) is 65.8 Å². The molecule has 1 heterocycles. The highest BCUT2D eigenvalue weighted by atomic mass is 19.1. The van der Waals surface area contributed by atoms with Crippen LogP contribution in [0.5, 0.6) is 0 Å². The van der Waals surface area contributed by atoms with Crippen LogP contribution >= 0.6 is 0 Å². The summed E-state index contributed by atoms with van der Waals surface area (Å²) in [6.45, 7) is 3.00. The van der Waals surface area contributed by atoms with Gasteiger partial charge in [-0.1, -0.05) is 0 Å². The molecule has 8 heteroatoms. The van der Waals surface area contributed by atoms with Crippen LogP contribution in [-0.4, -0.2) is 22.1 Å². The van der Waals surface area contributed by atoms with Gasteiger partial charge in [-0.2, -0.15) is 0 Å². The number of aromatic nitrogens is 2. The molecule has 1 atom stereocenters. The molecule has 3 rings (SSSR count). The zero-order chi connectivity index (χ0) is 19.4. The summed E-state index contributed by atoms with van der Waals surface area (Å²) in [6.07, 6.45) is -0.769. The number of benzene rings is 2. The van der Waals surface area contributed by atoms with E-state index in [1.807, 2.05) is 0 Å². The van der Waals surface area contributed by atoms with Crippen molar-refractivity contribution in [1.82, 2.24) is 10.2 Å². The topological polar surface area (TPSA) is 94.3 Å². The lowest BCUT2D eigenvalue weighted by molar-refractivity contribution is -0.114. The van der Waals surface area contributed by atoms with E-state index >= 15 is 0 Å². The molecule has 1 aromatic heterocycles. The van der Waals surface area contributed by atoms with Crippen molar-refractivity contribution in [1.29, 1.82) is 0 Å². The van der Waals surface area contributed by atoms with Crippen LogP contribution < -0.4 is 5.32 Å². The van der Waals surface area contributed by atoms with Crippen molar-refractivity contribution in [2.45, 2.75) is 20.0 Å². The summed E-state index contributed by atoms with van der Waals surface area (Å²) in [5.74, 6) is -0.818. The Balaban J connectivity index is 1.66. The molecule has 27 heavy (non-hydrogen) atoms. The fourth-order valence-electron chi connectivity index (χ4n) is 2.28. The second-order valence-electron chi connectivity index (χ2n) is 5.76. The number of carbonyl (C=O) groups excluding carboxylic acids is 2. The Hall–Kier alpha value is -3.55. The van der Waals surface area contributed by atoms with Gasteiger partial charge in [-0.25, -0.2) is 9.18 Å². The van der Waals surface area contributed by atoms with Crippen LogP contribution in [0.3, 0.4) is 0 Å². The highest BCUT2D eigenvalue weighted by Gasteiger charge is 2.20. The van der Waals surface area contributed by atoms with Crippen molar-refractivity contribution in [3.63, 3.8) is 0 Å². The molecular weight excluding hydrogens is 353 g/mol. The Labute approximate surface area is 154 Å². The lowest BCUT2D eigenvalue weighted by atomic mass is 10.2. The molecule has 0 aliphatic heterocycles. The van der Waals surface area contributed by atoms with E-state index in [2.05, 4.69) is 15.5 Å². The highest BCUT2D eigenvalue weighted by molar-refractivity contribution is 5.92. The monoisotopic (exact) mass is 369 g/mol. The molecule has 0 radical (unpaired) electrons. The predicted octanol–water partition coefficient (Wildman–Crippen LogP) is 3.75. The summed E-state index contributed by atoms with van der Waals surface area (Å²) in [6, 6.07) is 11.9. The number of nitrogens with zero attached hydrogens (tertiary/aromatic N) is 2. The van der Waals surface area contributed by atoms with E-state index in [9.17, 15) is 14.0 Å². The summed E-state index contributed by atoms with van der Waals surface area (Å²) in [4.78, 5) is 23.2. The third-order valence-electron chi connectivity index (χ3n) is 3.60. The average molecular weight is 369 g/mol. The molecular formula is C19H16FN3O4. The number of hydrogen-bond acceptors (Lipinski definition) is 6. The molecule has 1 N–H and O–H groups in total. The maximum Gasteiger partial charge on any atom is 0.338 e. The Morgan fingerprint density at radius 3 is 2.37 bits per heavy atom. The van der Waals surface area contributed by atoms with E-state index in [1.54, 1.807) is 19.1 Å². The van der Waals surface area contributed by atoms with Crippen LogP contribution in [0.1, 0.15) is 36.2 Å². The summed E-state index contributed by atoms with van der Waals surface area (Å²) in [5, 5.41) is 10.4. The number of anilines is 1. The van der Waals surface area contributed by atoms with E-state index < -0.39 is 12.1 Å². The molecule has 0 aliphatic rings. The molecule has 7 nitrogen and oxygen atoms in total. The highest BCUT2D eigenvalue weighted by Crippen LogP contribution is 2.23. The fraction of sp³-hybridized carbons (Fsp3) is 0.158. The van der Waals surface area contributed by atoms with Crippen molar-refractivity contribution < 1.29 is 23.1 Å². The van der Waals surface area contributed by atoms with Gasteiger partial charge in [-0.3, -0.25) is 4.79 Å². The van der Waals surface area contributed by atoms with E-state index in [4.69, 9.17) is 9.15 Å². The molecule has 0 aliphatic carbocycles. The maximum absolute atomic E-state index is 13.0. The van der Waals surface area contributed by atoms with Gasteiger partial charge in [0.05, 0.1) is 5.56 Å². The second kappa shape index (κ2) is 7.77. The number of carbonyl (C=O) groups is 2. The molecule has 3 aromatic rings. The number of esters is 1. The molecule has 1 amide bonds. The van der Waals surface area contributed by atoms with Crippen LogP contribution in [0.4, 0.5) is 10.1 Å². The Kier molecular flexibility index (Phi) is 5.25. The Bertz CT molecular complexity index is 952. The molecule has 0 spiro atoms. The van der Waals surface area contributed by atoms with Crippen molar-refractivity contribution in [3.8, 4) is 11.5 Å². The molecule has 0 bridgehead atoms. The fourth-order valence-corrected chi connectivity index (χ4v) is 2.28. The molecule has 138 valence electrons. The number of nitrogens with one attached hydrogen (secondary N) is 1. The first-order valence-corrected chi connectivity index (χ1v) is 8.10. The summed E-state index contributed by atoms with van der Waals surface area (Å²) in [5.41, 5.74) is 1.45. The van der Waals surface area contributed by atoms with Gasteiger partial charge >= 0.3 is 5.97 Å². The second-order valence-corrected chi connectivity index (χ2v) is 5.76. The quantitative estimate of drug-likeness (QED) is 0.688. The standard InChI is InChI=1S/C19H16FN3O4/c1-11(17-22-23-18(27-17)13-3-7-15(20)8-4-13)26-19(25)14-5-9-16(10-6-14)21-12(2)24/h3-11H,1-2H3,(H,21,24)/t11-/m1/s1. The molecule has 2 aromatic carbocycles. The first-order valence-electron chi connectivity index (χ1n) is 8.10. The van der Waals surface area contributed by atoms with E-state index in [0.717, 1.165) is 0 Å². The zero-order valence-corrected chi connectivity index (χ0v) is 14.6. The first kappa shape index (κ1) is 18.2. The molecule has 0 saturated carbocycles. The van der Waals surface area contributed by atoms with Gasteiger partial charge in [-0.05, 0) is 55.5 Å². The molecule has 0 saturated heterocycles. The van der Waals surface area contributed by atoms with Crippen LogP contribution in [0.2, 0.25) is 0 Å². The number of rotatable bonds is 5. The summed E-state index contributed by atoms with van der Waals surface area (Å²) >= 11 is 0.